The highest BCUT2D eigenvalue weighted by atomic mass is 32.1. The molecule has 1 amide bonds. The van der Waals surface area contributed by atoms with Crippen LogP contribution in [0.5, 0.6) is 0 Å². The van der Waals surface area contributed by atoms with Crippen LogP contribution in [0.15, 0.2) is 23.6 Å². The summed E-state index contributed by atoms with van der Waals surface area (Å²) >= 11 is 1.71. The van der Waals surface area contributed by atoms with Crippen LogP contribution in [0.25, 0.3) is 0 Å². The first-order valence-corrected chi connectivity index (χ1v) is 17.9. The van der Waals surface area contributed by atoms with Gasteiger partial charge in [-0.2, -0.15) is 0 Å². The smallest absolute Gasteiger partial charge is 0.226 e. The van der Waals surface area contributed by atoms with Crippen LogP contribution in [0.1, 0.15) is 63.5 Å². The van der Waals surface area contributed by atoms with Crippen molar-refractivity contribution >= 4 is 42.6 Å². The second-order valence-corrected chi connectivity index (χ2v) is 18.7. The summed E-state index contributed by atoms with van der Waals surface area (Å²) in [5, 5.41) is 20.7. The monoisotopic (exact) mass is 555 g/mol. The molecule has 0 spiro atoms. The number of nitrogens with one attached hydrogen (secondary N) is 5. The van der Waals surface area contributed by atoms with Crippen molar-refractivity contribution in [3.8, 4) is 0 Å². The van der Waals surface area contributed by atoms with E-state index < -0.39 is 19.5 Å². The Kier molecular flexibility index (Phi) is 7.22. The van der Waals surface area contributed by atoms with E-state index in [0.717, 1.165) is 47.9 Å². The maximum absolute atomic E-state index is 13.3. The standard InChI is InChI=1S/C29H45N5O2SSi/c1-19(2)32-28(18-25(35)31-22-10-15-37-26(22)28)29(11-14-36-38(6,7)27(3,4)5)33-23-16-20-8-12-30-13-9-21(20)17-24(23)34-29/h10,15-17,19,30,32-34H,8-9,11-14,18H2,1-7H3,(H,31,35). The predicted octanol–water partition coefficient (Wildman–Crippen LogP) is 5.62. The second-order valence-electron chi connectivity index (χ2n) is 13.0. The van der Waals surface area contributed by atoms with E-state index in [1.165, 1.54) is 11.1 Å². The van der Waals surface area contributed by atoms with Crippen LogP contribution in [0.3, 0.4) is 0 Å². The third-order valence-corrected chi connectivity index (χ3v) is 14.6. The quantitative estimate of drug-likeness (QED) is 0.285. The lowest BCUT2D eigenvalue weighted by atomic mass is 9.74. The lowest BCUT2D eigenvalue weighted by Crippen LogP contribution is -2.69. The normalized spacial score (nSPS) is 22.6. The van der Waals surface area contributed by atoms with Crippen molar-refractivity contribution in [2.45, 2.75) is 95.7 Å². The van der Waals surface area contributed by atoms with Gasteiger partial charge >= 0.3 is 0 Å². The molecule has 1 unspecified atom stereocenters. The molecule has 38 heavy (non-hydrogen) atoms. The molecule has 208 valence electrons. The van der Waals surface area contributed by atoms with Crippen LogP contribution in [-0.2, 0) is 27.6 Å². The Morgan fingerprint density at radius 1 is 1.08 bits per heavy atom. The molecule has 5 rings (SSSR count). The summed E-state index contributed by atoms with van der Waals surface area (Å²) in [7, 11) is -1.95. The number of carbonyl (C=O) groups excluding carboxylic acids is 1. The van der Waals surface area contributed by atoms with Gasteiger partial charge < -0.3 is 31.0 Å². The molecule has 0 radical (unpaired) electrons. The van der Waals surface area contributed by atoms with Crippen molar-refractivity contribution in [3.05, 3.63) is 39.6 Å². The molecular weight excluding hydrogens is 511 g/mol. The van der Waals surface area contributed by atoms with E-state index in [1.807, 2.05) is 6.07 Å². The van der Waals surface area contributed by atoms with Crippen molar-refractivity contribution in [2.24, 2.45) is 0 Å². The number of carbonyl (C=O) groups is 1. The van der Waals surface area contributed by atoms with E-state index in [4.69, 9.17) is 4.43 Å². The maximum atomic E-state index is 13.3. The number of hydrogen-bond donors (Lipinski definition) is 5. The van der Waals surface area contributed by atoms with Crippen LogP contribution in [-0.4, -0.2) is 45.6 Å². The molecule has 3 aliphatic heterocycles. The third-order valence-electron chi connectivity index (χ3n) is 8.94. The number of fused-ring (bicyclic) bond motifs is 3. The molecule has 1 atom stereocenters. The Morgan fingerprint density at radius 3 is 2.29 bits per heavy atom. The van der Waals surface area contributed by atoms with Crippen LogP contribution in [0.4, 0.5) is 17.1 Å². The van der Waals surface area contributed by atoms with Gasteiger partial charge in [0.1, 0.15) is 11.2 Å². The Labute approximate surface area is 233 Å². The average molecular weight is 556 g/mol. The molecule has 0 fully saturated rings. The van der Waals surface area contributed by atoms with Gasteiger partial charge in [0.05, 0.1) is 28.4 Å². The van der Waals surface area contributed by atoms with Gasteiger partial charge in [0.15, 0.2) is 8.32 Å². The number of hydrogen-bond acceptors (Lipinski definition) is 7. The Bertz CT molecular complexity index is 1170. The highest BCUT2D eigenvalue weighted by Crippen LogP contribution is 2.53. The highest BCUT2D eigenvalue weighted by Gasteiger charge is 2.59. The van der Waals surface area contributed by atoms with Crippen LogP contribution in [0.2, 0.25) is 18.1 Å². The second kappa shape index (κ2) is 9.93. The van der Waals surface area contributed by atoms with Crippen molar-refractivity contribution in [2.75, 3.05) is 35.6 Å². The zero-order valence-corrected chi connectivity index (χ0v) is 25.9. The molecule has 7 nitrogen and oxygen atoms in total. The minimum atomic E-state index is -1.95. The molecule has 0 aliphatic carbocycles. The molecule has 2 aromatic rings. The minimum absolute atomic E-state index is 0.0372. The number of rotatable bonds is 7. The first-order valence-electron chi connectivity index (χ1n) is 14.1. The van der Waals surface area contributed by atoms with E-state index in [1.54, 1.807) is 11.3 Å². The van der Waals surface area contributed by atoms with E-state index in [0.29, 0.717) is 19.4 Å². The summed E-state index contributed by atoms with van der Waals surface area (Å²) in [5.74, 6) is 0.0372. The lowest BCUT2D eigenvalue weighted by Gasteiger charge is -2.52. The fourth-order valence-electron chi connectivity index (χ4n) is 5.98. The van der Waals surface area contributed by atoms with Crippen molar-refractivity contribution in [1.29, 1.82) is 0 Å². The van der Waals surface area contributed by atoms with Crippen LogP contribution >= 0.6 is 11.3 Å². The summed E-state index contributed by atoms with van der Waals surface area (Å²) < 4.78 is 6.76. The van der Waals surface area contributed by atoms with Gasteiger partial charge in [-0.15, -0.1) is 11.3 Å². The number of anilines is 3. The molecule has 0 saturated heterocycles. The summed E-state index contributed by atoms with van der Waals surface area (Å²) in [5.41, 5.74) is 4.66. The van der Waals surface area contributed by atoms with Gasteiger partial charge in [-0.1, -0.05) is 20.8 Å². The number of benzene rings is 1. The van der Waals surface area contributed by atoms with E-state index in [2.05, 4.69) is 91.8 Å². The average Bonchev–Trinajstić information content (AvgIpc) is 3.35. The topological polar surface area (TPSA) is 86.5 Å². The number of amides is 1. The lowest BCUT2D eigenvalue weighted by molar-refractivity contribution is -0.119. The molecule has 5 N–H and O–H groups in total. The summed E-state index contributed by atoms with van der Waals surface area (Å²) in [6, 6.07) is 6.87. The SMILES string of the molecule is CC(C)NC1(C2(CCO[Si](C)(C)C(C)(C)C)Nc3cc4c(cc3N2)CCNCC4)CC(=O)Nc2ccsc21. The Morgan fingerprint density at radius 2 is 1.71 bits per heavy atom. The van der Waals surface area contributed by atoms with Gasteiger partial charge in [0, 0.05) is 19.1 Å². The Balaban J connectivity index is 1.59. The fraction of sp³-hybridized carbons (Fsp3) is 0.621. The number of thiophene rings is 1. The molecule has 0 saturated carbocycles. The summed E-state index contributed by atoms with van der Waals surface area (Å²) in [4.78, 5) is 14.4. The van der Waals surface area contributed by atoms with Gasteiger partial charge in [0.2, 0.25) is 5.91 Å². The highest BCUT2D eigenvalue weighted by molar-refractivity contribution is 7.10. The summed E-state index contributed by atoms with van der Waals surface area (Å²) in [6.45, 7) is 18.4. The molecule has 0 bridgehead atoms. The van der Waals surface area contributed by atoms with Gasteiger partial charge in [-0.3, -0.25) is 4.79 Å². The van der Waals surface area contributed by atoms with Crippen molar-refractivity contribution < 1.29 is 9.22 Å². The minimum Gasteiger partial charge on any atom is -0.417 e. The zero-order valence-electron chi connectivity index (χ0n) is 24.1. The van der Waals surface area contributed by atoms with Crippen molar-refractivity contribution in [1.82, 2.24) is 10.6 Å². The molecule has 1 aromatic carbocycles. The molecule has 4 heterocycles. The van der Waals surface area contributed by atoms with Crippen LogP contribution in [0, 0.1) is 0 Å². The fourth-order valence-corrected chi connectivity index (χ4v) is 8.12. The largest absolute Gasteiger partial charge is 0.417 e. The molecule has 9 heteroatoms. The van der Waals surface area contributed by atoms with E-state index in [9.17, 15) is 4.79 Å². The molecular formula is C29H45N5O2SSi. The van der Waals surface area contributed by atoms with Gasteiger partial charge in [-0.05, 0) is 92.6 Å². The predicted molar refractivity (Wildman–Crippen MR) is 162 cm³/mol. The Hall–Kier alpha value is -1.91. The summed E-state index contributed by atoms with van der Waals surface area (Å²) in [6.07, 6.45) is 3.11. The zero-order chi connectivity index (χ0) is 27.3. The molecule has 1 aromatic heterocycles. The first kappa shape index (κ1) is 27.6. The van der Waals surface area contributed by atoms with Crippen LogP contribution < -0.4 is 26.6 Å². The van der Waals surface area contributed by atoms with E-state index in [-0.39, 0.29) is 17.0 Å². The van der Waals surface area contributed by atoms with E-state index >= 15 is 0 Å². The van der Waals surface area contributed by atoms with Gasteiger partial charge in [0.25, 0.3) is 0 Å². The maximum Gasteiger partial charge on any atom is 0.226 e. The van der Waals surface area contributed by atoms with Gasteiger partial charge in [-0.25, -0.2) is 0 Å². The third kappa shape index (κ3) is 4.81. The van der Waals surface area contributed by atoms with Crippen molar-refractivity contribution in [3.63, 3.8) is 0 Å². The molecule has 3 aliphatic rings. The first-order chi connectivity index (χ1) is 17.9.